The Kier molecular flexibility index (Phi) is 5.00. The van der Waals surface area contributed by atoms with E-state index in [4.69, 9.17) is 10.00 Å². The van der Waals surface area contributed by atoms with Gasteiger partial charge in [0.25, 0.3) is 0 Å². The summed E-state index contributed by atoms with van der Waals surface area (Å²) in [6, 6.07) is 5.49. The van der Waals surface area contributed by atoms with Crippen molar-refractivity contribution in [3.05, 3.63) is 34.1 Å². The number of hydrogen-bond donors (Lipinski definition) is 1. The van der Waals surface area contributed by atoms with Gasteiger partial charge in [-0.3, -0.25) is 15.4 Å². The fraction of sp³-hybridized carbons (Fsp3) is 0.462. The summed E-state index contributed by atoms with van der Waals surface area (Å²) in [5.41, 5.74) is -1.53. The van der Waals surface area contributed by atoms with Crippen LogP contribution in [0.4, 0.5) is 10.1 Å². The Morgan fingerprint density at radius 2 is 2.25 bits per heavy atom. The minimum atomic E-state index is -1.07. The molecule has 0 saturated carbocycles. The van der Waals surface area contributed by atoms with Crippen molar-refractivity contribution in [1.82, 2.24) is 5.32 Å². The van der Waals surface area contributed by atoms with Crippen LogP contribution in [0.1, 0.15) is 20.8 Å². The highest BCUT2D eigenvalue weighted by molar-refractivity contribution is 5.47. The van der Waals surface area contributed by atoms with Crippen LogP contribution in [0.15, 0.2) is 18.2 Å². The van der Waals surface area contributed by atoms with Crippen molar-refractivity contribution >= 4 is 5.69 Å². The number of hydrogen-bond acceptors (Lipinski definition) is 5. The summed E-state index contributed by atoms with van der Waals surface area (Å²) < 4.78 is 18.8. The molecule has 1 aromatic rings. The number of nitro groups is 1. The van der Waals surface area contributed by atoms with Gasteiger partial charge in [0.2, 0.25) is 5.75 Å². The summed E-state index contributed by atoms with van der Waals surface area (Å²) in [4.78, 5) is 10.1. The highest BCUT2D eigenvalue weighted by Crippen LogP contribution is 2.30. The van der Waals surface area contributed by atoms with Crippen LogP contribution in [0, 0.1) is 27.3 Å². The number of nitrogens with zero attached hydrogens (tertiary/aromatic N) is 2. The monoisotopic (exact) mass is 281 g/mol. The lowest BCUT2D eigenvalue weighted by Crippen LogP contribution is -2.49. The second-order valence-corrected chi connectivity index (χ2v) is 4.88. The molecule has 6 nitrogen and oxygen atoms in total. The Morgan fingerprint density at radius 1 is 1.60 bits per heavy atom. The largest absolute Gasteiger partial charge is 0.482 e. The van der Waals surface area contributed by atoms with Gasteiger partial charge < -0.3 is 4.74 Å². The van der Waals surface area contributed by atoms with Crippen molar-refractivity contribution in [2.24, 2.45) is 0 Å². The first-order chi connectivity index (χ1) is 9.29. The number of benzene rings is 1. The third kappa shape index (κ3) is 3.90. The standard InChI is InChI=1S/C13H16FN3O3/c1-9(2)16-13(3,7-15)8-20-12-10(14)5-4-6-11(12)17(18)19/h4-6,9,16H,8H2,1-3H3. The second-order valence-electron chi connectivity index (χ2n) is 4.88. The van der Waals surface area contributed by atoms with Gasteiger partial charge in [0.1, 0.15) is 12.1 Å². The van der Waals surface area contributed by atoms with Gasteiger partial charge >= 0.3 is 5.69 Å². The molecular formula is C13H16FN3O3. The third-order valence-electron chi connectivity index (χ3n) is 2.50. The quantitative estimate of drug-likeness (QED) is 0.639. The summed E-state index contributed by atoms with van der Waals surface area (Å²) in [6.45, 7) is 5.07. The topological polar surface area (TPSA) is 88.2 Å². The van der Waals surface area contributed by atoms with E-state index >= 15 is 0 Å². The highest BCUT2D eigenvalue weighted by Gasteiger charge is 2.28. The highest BCUT2D eigenvalue weighted by atomic mass is 19.1. The molecule has 1 rings (SSSR count). The number of rotatable bonds is 6. The molecule has 0 amide bonds. The van der Waals surface area contributed by atoms with Crippen molar-refractivity contribution in [2.75, 3.05) is 6.61 Å². The molecule has 7 heteroatoms. The van der Waals surface area contributed by atoms with Gasteiger partial charge in [-0.15, -0.1) is 0 Å². The predicted molar refractivity (Wildman–Crippen MR) is 70.8 cm³/mol. The lowest BCUT2D eigenvalue weighted by atomic mass is 10.1. The molecule has 1 atom stereocenters. The lowest BCUT2D eigenvalue weighted by molar-refractivity contribution is -0.386. The summed E-state index contributed by atoms with van der Waals surface area (Å²) >= 11 is 0. The van der Waals surface area contributed by atoms with Crippen molar-refractivity contribution in [2.45, 2.75) is 32.4 Å². The molecule has 0 aliphatic rings. The van der Waals surface area contributed by atoms with Crippen molar-refractivity contribution in [3.8, 4) is 11.8 Å². The van der Waals surface area contributed by atoms with E-state index in [1.165, 1.54) is 6.07 Å². The van der Waals surface area contributed by atoms with Crippen LogP contribution in [-0.2, 0) is 0 Å². The molecule has 1 aromatic carbocycles. The van der Waals surface area contributed by atoms with E-state index in [-0.39, 0.29) is 12.6 Å². The normalized spacial score (nSPS) is 13.6. The smallest absolute Gasteiger partial charge is 0.314 e. The summed E-state index contributed by atoms with van der Waals surface area (Å²) in [5.74, 6) is -1.28. The summed E-state index contributed by atoms with van der Waals surface area (Å²) in [5, 5.41) is 22.9. The minimum Gasteiger partial charge on any atom is -0.482 e. The Balaban J connectivity index is 2.95. The number of ether oxygens (including phenoxy) is 1. The zero-order valence-electron chi connectivity index (χ0n) is 11.5. The molecule has 0 fully saturated rings. The van der Waals surface area contributed by atoms with E-state index in [2.05, 4.69) is 5.32 Å². The van der Waals surface area contributed by atoms with Crippen LogP contribution in [0.3, 0.4) is 0 Å². The summed E-state index contributed by atoms with van der Waals surface area (Å²) in [7, 11) is 0. The van der Waals surface area contributed by atoms with Gasteiger partial charge in [-0.25, -0.2) is 4.39 Å². The average molecular weight is 281 g/mol. The molecule has 0 saturated heterocycles. The Morgan fingerprint density at radius 3 is 2.75 bits per heavy atom. The van der Waals surface area contributed by atoms with Crippen LogP contribution in [0.2, 0.25) is 0 Å². The van der Waals surface area contributed by atoms with E-state index in [9.17, 15) is 14.5 Å². The molecule has 0 bridgehead atoms. The fourth-order valence-electron chi connectivity index (χ4n) is 1.74. The average Bonchev–Trinajstić information content (AvgIpc) is 2.36. The van der Waals surface area contributed by atoms with Gasteiger partial charge in [0.05, 0.1) is 11.0 Å². The van der Waals surface area contributed by atoms with Gasteiger partial charge in [-0.05, 0) is 26.8 Å². The maximum Gasteiger partial charge on any atom is 0.314 e. The van der Waals surface area contributed by atoms with Gasteiger partial charge in [-0.1, -0.05) is 6.07 Å². The van der Waals surface area contributed by atoms with Gasteiger partial charge in [0, 0.05) is 12.1 Å². The first-order valence-electron chi connectivity index (χ1n) is 6.04. The maximum absolute atomic E-state index is 13.6. The zero-order valence-corrected chi connectivity index (χ0v) is 11.5. The molecule has 1 unspecified atom stereocenters. The van der Waals surface area contributed by atoms with Gasteiger partial charge in [0.15, 0.2) is 5.82 Å². The molecule has 0 aliphatic carbocycles. The molecular weight excluding hydrogens is 265 g/mol. The van der Waals surface area contributed by atoms with Crippen LogP contribution < -0.4 is 10.1 Å². The van der Waals surface area contributed by atoms with Crippen molar-refractivity contribution in [3.63, 3.8) is 0 Å². The van der Waals surface area contributed by atoms with Crippen LogP contribution in [0.5, 0.6) is 5.75 Å². The Labute approximate surface area is 116 Å². The number of nitrogens with one attached hydrogen (secondary N) is 1. The minimum absolute atomic E-state index is 0.0128. The molecule has 1 N–H and O–H groups in total. The first kappa shape index (κ1) is 15.9. The summed E-state index contributed by atoms with van der Waals surface area (Å²) in [6.07, 6.45) is 0. The van der Waals surface area contributed by atoms with E-state index in [1.54, 1.807) is 6.92 Å². The second kappa shape index (κ2) is 6.30. The van der Waals surface area contributed by atoms with Gasteiger partial charge in [-0.2, -0.15) is 5.26 Å². The first-order valence-corrected chi connectivity index (χ1v) is 6.04. The molecule has 0 heterocycles. The molecule has 0 aliphatic heterocycles. The molecule has 108 valence electrons. The molecule has 20 heavy (non-hydrogen) atoms. The van der Waals surface area contributed by atoms with E-state index < -0.39 is 27.7 Å². The Hall–Kier alpha value is -2.20. The fourth-order valence-corrected chi connectivity index (χ4v) is 1.74. The molecule has 0 spiro atoms. The number of para-hydroxylation sites is 1. The third-order valence-corrected chi connectivity index (χ3v) is 2.50. The van der Waals surface area contributed by atoms with Crippen molar-refractivity contribution < 1.29 is 14.1 Å². The molecule has 0 aromatic heterocycles. The number of halogens is 1. The van der Waals surface area contributed by atoms with E-state index in [1.807, 2.05) is 19.9 Å². The van der Waals surface area contributed by atoms with Crippen LogP contribution >= 0.6 is 0 Å². The van der Waals surface area contributed by atoms with Crippen molar-refractivity contribution in [1.29, 1.82) is 5.26 Å². The Bertz CT molecular complexity index is 542. The van der Waals surface area contributed by atoms with Crippen LogP contribution in [0.25, 0.3) is 0 Å². The molecule has 0 radical (unpaired) electrons. The van der Waals surface area contributed by atoms with E-state index in [0.29, 0.717) is 0 Å². The predicted octanol–water partition coefficient (Wildman–Crippen LogP) is 2.39. The van der Waals surface area contributed by atoms with E-state index in [0.717, 1.165) is 12.1 Å². The lowest BCUT2D eigenvalue weighted by Gasteiger charge is -2.25. The number of nitriles is 1. The zero-order chi connectivity index (χ0) is 15.3. The number of nitro benzene ring substituents is 1. The van der Waals surface area contributed by atoms with Crippen LogP contribution in [-0.4, -0.2) is 23.1 Å². The SMILES string of the molecule is CC(C)NC(C)(C#N)COc1c(F)cccc1[N+](=O)[O-]. The maximum atomic E-state index is 13.6.